The summed E-state index contributed by atoms with van der Waals surface area (Å²) in [7, 11) is 0. The van der Waals surface area contributed by atoms with Crippen molar-refractivity contribution in [2.75, 3.05) is 13.1 Å². The fourth-order valence-electron chi connectivity index (χ4n) is 2.75. The maximum Gasteiger partial charge on any atom is 0.100 e. The quantitative estimate of drug-likeness (QED) is 0.845. The Morgan fingerprint density at radius 1 is 1.25 bits per heavy atom. The Labute approximate surface area is 124 Å². The lowest BCUT2D eigenvalue weighted by atomic mass is 10.1. The molecule has 0 atom stereocenters. The topological polar surface area (TPSA) is 20.5 Å². The summed E-state index contributed by atoms with van der Waals surface area (Å²) in [6, 6.07) is 3.99. The number of aromatic nitrogens is 2. The van der Waals surface area contributed by atoms with E-state index in [1.165, 1.54) is 12.8 Å². The van der Waals surface area contributed by atoms with Crippen LogP contribution in [-0.2, 0) is 0 Å². The van der Waals surface area contributed by atoms with Crippen molar-refractivity contribution < 1.29 is 0 Å². The molecular formula is C16H20ClN3. The standard InChI is InChI=1S/C16H20ClN3/c1-12(2)16-15-10-13(17)9-14(20(15)11-18-16)5-8-19-6-3-4-7-19/h5,8-12H,3-4,6-7H2,1-2H3/b8-5+. The van der Waals surface area contributed by atoms with E-state index in [9.17, 15) is 0 Å². The average Bonchev–Trinajstić information content (AvgIpc) is 3.04. The zero-order chi connectivity index (χ0) is 14.1. The van der Waals surface area contributed by atoms with Gasteiger partial charge in [0.2, 0.25) is 0 Å². The van der Waals surface area contributed by atoms with Gasteiger partial charge in [-0.05, 0) is 37.0 Å². The van der Waals surface area contributed by atoms with Gasteiger partial charge in [-0.15, -0.1) is 0 Å². The van der Waals surface area contributed by atoms with Crippen LogP contribution in [0, 0.1) is 0 Å². The molecule has 0 bridgehead atoms. The van der Waals surface area contributed by atoms with Crippen LogP contribution in [0.3, 0.4) is 0 Å². The van der Waals surface area contributed by atoms with E-state index in [4.69, 9.17) is 11.6 Å². The molecular weight excluding hydrogens is 270 g/mol. The maximum atomic E-state index is 6.26. The van der Waals surface area contributed by atoms with Gasteiger partial charge < -0.3 is 4.90 Å². The molecule has 3 heterocycles. The molecule has 0 aromatic carbocycles. The van der Waals surface area contributed by atoms with Crippen LogP contribution < -0.4 is 0 Å². The van der Waals surface area contributed by atoms with Crippen molar-refractivity contribution in [3.05, 3.63) is 41.1 Å². The Morgan fingerprint density at radius 3 is 2.70 bits per heavy atom. The highest BCUT2D eigenvalue weighted by molar-refractivity contribution is 6.31. The summed E-state index contributed by atoms with van der Waals surface area (Å²) in [5.74, 6) is 0.397. The lowest BCUT2D eigenvalue weighted by molar-refractivity contribution is 0.471. The van der Waals surface area contributed by atoms with Crippen LogP contribution in [0.2, 0.25) is 5.02 Å². The second-order valence-electron chi connectivity index (χ2n) is 5.70. The summed E-state index contributed by atoms with van der Waals surface area (Å²) in [6.07, 6.45) is 8.78. The molecule has 2 aromatic heterocycles. The van der Waals surface area contributed by atoms with Gasteiger partial charge in [-0.25, -0.2) is 4.98 Å². The fourth-order valence-corrected chi connectivity index (χ4v) is 2.96. The number of nitrogens with zero attached hydrogens (tertiary/aromatic N) is 3. The Morgan fingerprint density at radius 2 is 2.00 bits per heavy atom. The van der Waals surface area contributed by atoms with E-state index < -0.39 is 0 Å². The summed E-state index contributed by atoms with van der Waals surface area (Å²) in [5, 5.41) is 0.765. The van der Waals surface area contributed by atoms with Crippen LogP contribution in [0.25, 0.3) is 11.6 Å². The molecule has 106 valence electrons. The van der Waals surface area contributed by atoms with Crippen LogP contribution >= 0.6 is 11.6 Å². The van der Waals surface area contributed by atoms with Gasteiger partial charge in [0.25, 0.3) is 0 Å². The van der Waals surface area contributed by atoms with Gasteiger partial charge in [-0.2, -0.15) is 0 Å². The third-order valence-electron chi connectivity index (χ3n) is 3.82. The normalized spacial score (nSPS) is 16.1. The number of pyridine rings is 1. The number of rotatable bonds is 3. The maximum absolute atomic E-state index is 6.26. The van der Waals surface area contributed by atoms with Crippen LogP contribution in [0.1, 0.15) is 44.0 Å². The van der Waals surface area contributed by atoms with Crippen LogP contribution in [0.15, 0.2) is 24.7 Å². The average molecular weight is 290 g/mol. The van der Waals surface area contributed by atoms with Gasteiger partial charge in [0.1, 0.15) is 6.33 Å². The lowest BCUT2D eigenvalue weighted by Crippen LogP contribution is -2.10. The summed E-state index contributed by atoms with van der Waals surface area (Å²) >= 11 is 6.26. The van der Waals surface area contributed by atoms with E-state index in [1.807, 2.05) is 18.5 Å². The Hall–Kier alpha value is -1.48. The van der Waals surface area contributed by atoms with E-state index in [2.05, 4.69) is 40.4 Å². The molecule has 0 N–H and O–H groups in total. The van der Waals surface area contributed by atoms with Gasteiger partial charge in [0, 0.05) is 24.3 Å². The van der Waals surface area contributed by atoms with Crippen molar-refractivity contribution in [3.8, 4) is 0 Å². The van der Waals surface area contributed by atoms with E-state index in [1.54, 1.807) is 0 Å². The van der Waals surface area contributed by atoms with E-state index in [-0.39, 0.29) is 0 Å². The molecule has 0 amide bonds. The number of hydrogen-bond acceptors (Lipinski definition) is 2. The SMILES string of the molecule is CC(C)c1ncn2c(/C=C/N3CCCC3)cc(Cl)cc12. The fraction of sp³-hybridized carbons (Fsp3) is 0.438. The van der Waals surface area contributed by atoms with Gasteiger partial charge in [0.15, 0.2) is 0 Å². The molecule has 20 heavy (non-hydrogen) atoms. The number of likely N-dealkylation sites (tertiary alicyclic amines) is 1. The summed E-state index contributed by atoms with van der Waals surface area (Å²) in [5.41, 5.74) is 3.29. The molecule has 3 nitrogen and oxygen atoms in total. The molecule has 4 heteroatoms. The van der Waals surface area contributed by atoms with E-state index >= 15 is 0 Å². The highest BCUT2D eigenvalue weighted by Crippen LogP contribution is 2.24. The van der Waals surface area contributed by atoms with Crippen molar-refractivity contribution in [1.29, 1.82) is 0 Å². The largest absolute Gasteiger partial charge is 0.377 e. The molecule has 0 spiro atoms. The molecule has 3 rings (SSSR count). The number of fused-ring (bicyclic) bond motifs is 1. The molecule has 1 fully saturated rings. The highest BCUT2D eigenvalue weighted by atomic mass is 35.5. The first-order valence-electron chi connectivity index (χ1n) is 7.24. The molecule has 0 aliphatic carbocycles. The van der Waals surface area contributed by atoms with E-state index in [0.29, 0.717) is 5.92 Å². The first kappa shape index (κ1) is 13.5. The van der Waals surface area contributed by atoms with Gasteiger partial charge in [0.05, 0.1) is 16.9 Å². The van der Waals surface area contributed by atoms with Crippen LogP contribution in [0.5, 0.6) is 0 Å². The van der Waals surface area contributed by atoms with Gasteiger partial charge in [-0.1, -0.05) is 25.4 Å². The molecule has 0 saturated carbocycles. The van der Waals surface area contributed by atoms with Gasteiger partial charge >= 0.3 is 0 Å². The third kappa shape index (κ3) is 2.55. The molecule has 1 aliphatic rings. The Kier molecular flexibility index (Phi) is 3.70. The van der Waals surface area contributed by atoms with Crippen LogP contribution in [-0.4, -0.2) is 27.4 Å². The predicted octanol–water partition coefficient (Wildman–Crippen LogP) is 4.18. The highest BCUT2D eigenvalue weighted by Gasteiger charge is 2.11. The van der Waals surface area contributed by atoms with Gasteiger partial charge in [-0.3, -0.25) is 4.40 Å². The second-order valence-corrected chi connectivity index (χ2v) is 6.13. The Balaban J connectivity index is 2.01. The van der Waals surface area contributed by atoms with Crippen molar-refractivity contribution in [2.45, 2.75) is 32.6 Å². The van der Waals surface area contributed by atoms with Crippen molar-refractivity contribution in [3.63, 3.8) is 0 Å². The zero-order valence-corrected chi connectivity index (χ0v) is 12.8. The molecule has 0 unspecified atom stereocenters. The minimum Gasteiger partial charge on any atom is -0.377 e. The summed E-state index contributed by atoms with van der Waals surface area (Å²) < 4.78 is 2.12. The number of hydrogen-bond donors (Lipinski definition) is 0. The lowest BCUT2D eigenvalue weighted by Gasteiger charge is -2.11. The molecule has 0 radical (unpaired) electrons. The smallest absolute Gasteiger partial charge is 0.100 e. The number of halogens is 1. The summed E-state index contributed by atoms with van der Waals surface area (Å²) in [6.45, 7) is 6.62. The van der Waals surface area contributed by atoms with Crippen molar-refractivity contribution >= 4 is 23.2 Å². The third-order valence-corrected chi connectivity index (χ3v) is 4.03. The van der Waals surface area contributed by atoms with Crippen LogP contribution in [0.4, 0.5) is 0 Å². The minimum absolute atomic E-state index is 0.397. The first-order valence-corrected chi connectivity index (χ1v) is 7.61. The predicted molar refractivity (Wildman–Crippen MR) is 84.1 cm³/mol. The molecule has 2 aromatic rings. The summed E-state index contributed by atoms with van der Waals surface area (Å²) in [4.78, 5) is 6.89. The molecule has 1 aliphatic heterocycles. The van der Waals surface area contributed by atoms with Crippen molar-refractivity contribution in [2.24, 2.45) is 0 Å². The number of imidazole rings is 1. The monoisotopic (exact) mass is 289 g/mol. The first-order chi connectivity index (χ1) is 9.65. The second kappa shape index (κ2) is 5.49. The van der Waals surface area contributed by atoms with E-state index in [0.717, 1.165) is 35.0 Å². The zero-order valence-electron chi connectivity index (χ0n) is 12.0. The van der Waals surface area contributed by atoms with Crippen molar-refractivity contribution in [1.82, 2.24) is 14.3 Å². The molecule has 1 saturated heterocycles. The minimum atomic E-state index is 0.397. The Bertz CT molecular complexity index is 636.